The molecule has 0 aliphatic rings. The Labute approximate surface area is 114 Å². The van der Waals surface area contributed by atoms with E-state index >= 15 is 0 Å². The Morgan fingerprint density at radius 1 is 1.50 bits per heavy atom. The highest BCUT2D eigenvalue weighted by atomic mass is 32.1. The third-order valence-electron chi connectivity index (χ3n) is 2.51. The van der Waals surface area contributed by atoms with Gasteiger partial charge in [0.05, 0.1) is 17.0 Å². The first-order valence-electron chi connectivity index (χ1n) is 5.67. The van der Waals surface area contributed by atoms with Gasteiger partial charge in [-0.1, -0.05) is 6.07 Å². The lowest BCUT2D eigenvalue weighted by atomic mass is 10.4. The van der Waals surface area contributed by atoms with Gasteiger partial charge in [0.25, 0.3) is 0 Å². The molecule has 2 rings (SSSR count). The molecular formula is C12H14N2O2S2. The van der Waals surface area contributed by atoms with Crippen LogP contribution in [0.1, 0.15) is 13.3 Å². The molecule has 0 unspecified atom stereocenters. The minimum atomic E-state index is -0.775. The summed E-state index contributed by atoms with van der Waals surface area (Å²) in [6.07, 6.45) is 0.141. The van der Waals surface area contributed by atoms with Crippen molar-refractivity contribution in [3.05, 3.63) is 22.9 Å². The van der Waals surface area contributed by atoms with E-state index in [1.54, 1.807) is 22.7 Å². The average Bonchev–Trinajstić information content (AvgIpc) is 2.99. The normalized spacial score (nSPS) is 10.5. The van der Waals surface area contributed by atoms with Crippen LogP contribution in [0.15, 0.2) is 22.9 Å². The molecule has 18 heavy (non-hydrogen) atoms. The zero-order valence-corrected chi connectivity index (χ0v) is 11.6. The minimum absolute atomic E-state index is 0.141. The molecule has 0 bridgehead atoms. The molecule has 1 N–H and O–H groups in total. The van der Waals surface area contributed by atoms with Crippen LogP contribution in [0.5, 0.6) is 0 Å². The highest BCUT2D eigenvalue weighted by molar-refractivity contribution is 7.16. The summed E-state index contributed by atoms with van der Waals surface area (Å²) >= 11 is 3.22. The Morgan fingerprint density at radius 2 is 2.33 bits per heavy atom. The Morgan fingerprint density at radius 3 is 2.94 bits per heavy atom. The topological polar surface area (TPSA) is 53.4 Å². The monoisotopic (exact) mass is 282 g/mol. The Kier molecular flexibility index (Phi) is 4.33. The second-order valence-electron chi connectivity index (χ2n) is 3.72. The molecule has 0 fully saturated rings. The van der Waals surface area contributed by atoms with Crippen molar-refractivity contribution in [2.45, 2.75) is 13.3 Å². The molecule has 0 aromatic carbocycles. The van der Waals surface area contributed by atoms with E-state index in [-0.39, 0.29) is 6.42 Å². The molecule has 6 heteroatoms. The second kappa shape index (κ2) is 5.97. The highest BCUT2D eigenvalue weighted by Gasteiger charge is 2.12. The zero-order valence-electron chi connectivity index (χ0n) is 10.00. The summed E-state index contributed by atoms with van der Waals surface area (Å²) in [6.45, 7) is 3.28. The number of hydrogen-bond acceptors (Lipinski definition) is 5. The van der Waals surface area contributed by atoms with E-state index in [1.165, 1.54) is 0 Å². The van der Waals surface area contributed by atoms with Crippen molar-refractivity contribution >= 4 is 33.8 Å². The van der Waals surface area contributed by atoms with Crippen molar-refractivity contribution in [1.29, 1.82) is 0 Å². The quantitative estimate of drug-likeness (QED) is 0.884. The number of rotatable bonds is 6. The van der Waals surface area contributed by atoms with Crippen LogP contribution in [-0.2, 0) is 4.79 Å². The summed E-state index contributed by atoms with van der Waals surface area (Å²) in [5.74, 6) is -0.775. The lowest BCUT2D eigenvalue weighted by molar-refractivity contribution is -0.136. The van der Waals surface area contributed by atoms with Crippen molar-refractivity contribution in [3.8, 4) is 10.6 Å². The molecule has 0 spiro atoms. The summed E-state index contributed by atoms with van der Waals surface area (Å²) in [7, 11) is 0. The van der Waals surface area contributed by atoms with E-state index in [4.69, 9.17) is 5.11 Å². The first kappa shape index (κ1) is 13.0. The standard InChI is InChI=1S/C12H14N2O2S2/c1-2-14(6-5-11(15)16)12-13-9(8-18-12)10-4-3-7-17-10/h3-4,7-8H,2,5-6H2,1H3,(H,15,16). The number of anilines is 1. The van der Waals surface area contributed by atoms with Gasteiger partial charge in [-0.05, 0) is 18.4 Å². The summed E-state index contributed by atoms with van der Waals surface area (Å²) < 4.78 is 0. The van der Waals surface area contributed by atoms with Gasteiger partial charge in [-0.3, -0.25) is 4.79 Å². The molecule has 0 amide bonds. The number of thiazole rings is 1. The van der Waals surface area contributed by atoms with Gasteiger partial charge in [0.1, 0.15) is 0 Å². The van der Waals surface area contributed by atoms with Crippen molar-refractivity contribution < 1.29 is 9.90 Å². The van der Waals surface area contributed by atoms with Crippen LogP contribution in [0.3, 0.4) is 0 Å². The molecule has 0 saturated heterocycles. The first-order chi connectivity index (χ1) is 8.70. The number of carboxylic acid groups (broad SMARTS) is 1. The molecule has 96 valence electrons. The second-order valence-corrected chi connectivity index (χ2v) is 5.50. The molecule has 0 atom stereocenters. The van der Waals surface area contributed by atoms with Crippen LogP contribution in [0.2, 0.25) is 0 Å². The maximum atomic E-state index is 10.6. The van der Waals surface area contributed by atoms with Crippen molar-refractivity contribution in [3.63, 3.8) is 0 Å². The van der Waals surface area contributed by atoms with E-state index in [0.29, 0.717) is 6.54 Å². The third-order valence-corrected chi connectivity index (χ3v) is 4.31. The van der Waals surface area contributed by atoms with Gasteiger partial charge < -0.3 is 10.0 Å². The number of carboxylic acids is 1. The lowest BCUT2D eigenvalue weighted by Crippen LogP contribution is -2.25. The summed E-state index contributed by atoms with van der Waals surface area (Å²) in [5.41, 5.74) is 0.971. The van der Waals surface area contributed by atoms with Gasteiger partial charge in [-0.15, -0.1) is 22.7 Å². The maximum Gasteiger partial charge on any atom is 0.305 e. The molecule has 2 heterocycles. The van der Waals surface area contributed by atoms with E-state index < -0.39 is 5.97 Å². The molecule has 0 aliphatic heterocycles. The van der Waals surface area contributed by atoms with Crippen molar-refractivity contribution in [2.24, 2.45) is 0 Å². The number of carbonyl (C=O) groups is 1. The number of nitrogens with zero attached hydrogens (tertiary/aromatic N) is 2. The number of hydrogen-bond donors (Lipinski definition) is 1. The maximum absolute atomic E-state index is 10.6. The van der Waals surface area contributed by atoms with Crippen LogP contribution in [0, 0.1) is 0 Å². The summed E-state index contributed by atoms with van der Waals surface area (Å²) in [6, 6.07) is 4.04. The Bertz CT molecular complexity index is 508. The summed E-state index contributed by atoms with van der Waals surface area (Å²) in [5, 5.41) is 13.7. The SMILES string of the molecule is CCN(CCC(=O)O)c1nc(-c2cccs2)cs1. The predicted octanol–water partition coefficient (Wildman–Crippen LogP) is 3.17. The van der Waals surface area contributed by atoms with Crippen LogP contribution >= 0.6 is 22.7 Å². The van der Waals surface area contributed by atoms with Gasteiger partial charge in [0.15, 0.2) is 5.13 Å². The van der Waals surface area contributed by atoms with Gasteiger partial charge >= 0.3 is 5.97 Å². The molecule has 0 radical (unpaired) electrons. The van der Waals surface area contributed by atoms with Crippen LogP contribution in [0.25, 0.3) is 10.6 Å². The van der Waals surface area contributed by atoms with E-state index in [9.17, 15) is 4.79 Å². The molecular weight excluding hydrogens is 268 g/mol. The Hall–Kier alpha value is -1.40. The molecule has 0 aliphatic carbocycles. The molecule has 2 aromatic heterocycles. The fraction of sp³-hybridized carbons (Fsp3) is 0.333. The van der Waals surface area contributed by atoms with Crippen molar-refractivity contribution in [1.82, 2.24) is 4.98 Å². The average molecular weight is 282 g/mol. The molecule has 0 saturated carbocycles. The lowest BCUT2D eigenvalue weighted by Gasteiger charge is -2.18. The van der Waals surface area contributed by atoms with Crippen molar-refractivity contribution in [2.75, 3.05) is 18.0 Å². The van der Waals surface area contributed by atoms with Gasteiger partial charge in [0, 0.05) is 18.5 Å². The predicted molar refractivity (Wildman–Crippen MR) is 75.6 cm³/mol. The molecule has 4 nitrogen and oxygen atoms in total. The molecule has 2 aromatic rings. The van der Waals surface area contributed by atoms with Gasteiger partial charge in [0.2, 0.25) is 0 Å². The highest BCUT2D eigenvalue weighted by Crippen LogP contribution is 2.30. The minimum Gasteiger partial charge on any atom is -0.481 e. The fourth-order valence-corrected chi connectivity index (χ4v) is 3.24. The van der Waals surface area contributed by atoms with Gasteiger partial charge in [-0.2, -0.15) is 0 Å². The van der Waals surface area contributed by atoms with Gasteiger partial charge in [-0.25, -0.2) is 4.98 Å². The third kappa shape index (κ3) is 3.08. The number of aliphatic carboxylic acids is 1. The number of thiophene rings is 1. The summed E-state index contributed by atoms with van der Waals surface area (Å²) in [4.78, 5) is 18.3. The fourth-order valence-electron chi connectivity index (χ4n) is 1.57. The first-order valence-corrected chi connectivity index (χ1v) is 7.42. The van der Waals surface area contributed by atoms with E-state index in [1.807, 2.05) is 34.7 Å². The van der Waals surface area contributed by atoms with Crippen LogP contribution in [0.4, 0.5) is 5.13 Å². The van der Waals surface area contributed by atoms with E-state index in [2.05, 4.69) is 4.98 Å². The largest absolute Gasteiger partial charge is 0.481 e. The smallest absolute Gasteiger partial charge is 0.305 e. The van der Waals surface area contributed by atoms with Crippen LogP contribution < -0.4 is 4.90 Å². The van der Waals surface area contributed by atoms with E-state index in [0.717, 1.165) is 22.2 Å². The van der Waals surface area contributed by atoms with Crippen LogP contribution in [-0.4, -0.2) is 29.1 Å². The number of aromatic nitrogens is 1. The Balaban J connectivity index is 2.10. The zero-order chi connectivity index (χ0) is 13.0.